The van der Waals surface area contributed by atoms with E-state index in [1.165, 1.54) is 19.1 Å². The number of alkyl halides is 3. The molecule has 0 aliphatic carbocycles. The average molecular weight is 281 g/mol. The predicted octanol–water partition coefficient (Wildman–Crippen LogP) is 3.30. The molecule has 0 spiro atoms. The Morgan fingerprint density at radius 2 is 1.61 bits per heavy atom. The van der Waals surface area contributed by atoms with Crippen LogP contribution in [0.4, 0.5) is 18.9 Å². The summed E-state index contributed by atoms with van der Waals surface area (Å²) in [4.78, 5) is 10.3. The smallest absolute Gasteiger partial charge is 0.326 e. The summed E-state index contributed by atoms with van der Waals surface area (Å²) in [7, 11) is -3.03. The second-order valence-corrected chi connectivity index (χ2v) is 4.39. The fraction of sp³-hybridized carbons (Fsp3) is 0.364. The molecule has 1 aromatic rings. The molecule has 0 aliphatic heterocycles. The summed E-state index contributed by atoms with van der Waals surface area (Å²) in [6.07, 6.45) is 0. The van der Waals surface area contributed by atoms with Gasteiger partial charge in [-0.05, 0) is 24.3 Å². The third-order valence-corrected chi connectivity index (χ3v) is 2.72. The number of hydrogen-bond donors (Lipinski definition) is 1. The number of carbonyl (C=O) groups is 1. The van der Waals surface area contributed by atoms with E-state index in [-0.39, 0.29) is 10.8 Å². The van der Waals surface area contributed by atoms with E-state index in [4.69, 9.17) is 0 Å². The van der Waals surface area contributed by atoms with Crippen LogP contribution in [0.3, 0.4) is 0 Å². The monoisotopic (exact) mass is 281 g/mol. The van der Waals surface area contributed by atoms with Gasteiger partial charge in [0.25, 0.3) is 0 Å². The van der Waals surface area contributed by atoms with Crippen LogP contribution in [0.1, 0.15) is 20.8 Å². The predicted molar refractivity (Wildman–Crippen MR) is 64.6 cm³/mol. The summed E-state index contributed by atoms with van der Waals surface area (Å²) in [6.45, 7) is 5.28. The fourth-order valence-electron chi connectivity index (χ4n) is 0.999. The zero-order chi connectivity index (χ0) is 14.3. The highest BCUT2D eigenvalue weighted by Crippen LogP contribution is 2.26. The van der Waals surface area contributed by atoms with Gasteiger partial charge in [0, 0.05) is 17.5 Å². The molecule has 1 rings (SSSR count). The molecular formula is C11H14F3NO2S. The van der Waals surface area contributed by atoms with E-state index < -0.39 is 16.3 Å². The van der Waals surface area contributed by atoms with Crippen LogP contribution in [0.25, 0.3) is 0 Å². The number of anilines is 1. The van der Waals surface area contributed by atoms with Gasteiger partial charge in [0.1, 0.15) is 0 Å². The molecule has 1 atom stereocenters. The molecule has 0 saturated carbocycles. The fourth-order valence-corrected chi connectivity index (χ4v) is 1.65. The lowest BCUT2D eigenvalue weighted by molar-refractivity contribution is -0.114. The highest BCUT2D eigenvalue weighted by molar-refractivity contribution is 7.86. The molecule has 1 unspecified atom stereocenters. The molecule has 102 valence electrons. The van der Waals surface area contributed by atoms with E-state index in [9.17, 15) is 22.2 Å². The van der Waals surface area contributed by atoms with E-state index in [1.54, 1.807) is 0 Å². The van der Waals surface area contributed by atoms with Gasteiger partial charge in [-0.15, -0.1) is 0 Å². The molecule has 0 aromatic heterocycles. The first-order valence-corrected chi connectivity index (χ1v) is 6.32. The molecule has 0 fully saturated rings. The molecule has 1 aromatic carbocycles. The van der Waals surface area contributed by atoms with E-state index in [0.717, 1.165) is 12.1 Å². The van der Waals surface area contributed by atoms with Crippen molar-refractivity contribution in [1.29, 1.82) is 0 Å². The normalized spacial score (nSPS) is 12.1. The summed E-state index contributed by atoms with van der Waals surface area (Å²) >= 11 is 0. The molecule has 0 aliphatic rings. The summed E-state index contributed by atoms with van der Waals surface area (Å²) < 4.78 is 47.1. The van der Waals surface area contributed by atoms with Crippen LogP contribution in [-0.4, -0.2) is 15.6 Å². The number of carbonyl (C=O) groups excluding carboxylic acids is 1. The van der Waals surface area contributed by atoms with Crippen LogP contribution < -0.4 is 5.32 Å². The maximum atomic E-state index is 12.1. The van der Waals surface area contributed by atoms with Crippen LogP contribution in [0.2, 0.25) is 0 Å². The Balaban J connectivity index is 0.00000137. The largest absolute Gasteiger partial charge is 0.475 e. The van der Waals surface area contributed by atoms with Crippen molar-refractivity contribution in [3.63, 3.8) is 0 Å². The minimum absolute atomic E-state index is 0.329. The van der Waals surface area contributed by atoms with Crippen molar-refractivity contribution in [2.45, 2.75) is 31.2 Å². The number of hydrogen-bond acceptors (Lipinski definition) is 2. The highest BCUT2D eigenvalue weighted by Gasteiger charge is 2.37. The van der Waals surface area contributed by atoms with E-state index >= 15 is 0 Å². The minimum Gasteiger partial charge on any atom is -0.326 e. The second kappa shape index (κ2) is 7.15. The SMILES string of the molecule is CC.CC(=O)Nc1ccc(S(=O)C(F)(F)F)cc1. The maximum Gasteiger partial charge on any atom is 0.475 e. The zero-order valence-electron chi connectivity index (χ0n) is 10.2. The maximum absolute atomic E-state index is 12.1. The van der Waals surface area contributed by atoms with E-state index in [2.05, 4.69) is 5.32 Å². The first kappa shape index (κ1) is 16.6. The minimum atomic E-state index is -4.77. The summed E-state index contributed by atoms with van der Waals surface area (Å²) in [5.74, 6) is -0.329. The lowest BCUT2D eigenvalue weighted by Gasteiger charge is -2.07. The topological polar surface area (TPSA) is 46.2 Å². The van der Waals surface area contributed by atoms with Gasteiger partial charge in [0.05, 0.1) is 0 Å². The lowest BCUT2D eigenvalue weighted by Crippen LogP contribution is -2.16. The van der Waals surface area contributed by atoms with Gasteiger partial charge in [-0.1, -0.05) is 13.8 Å². The molecule has 0 heterocycles. The molecule has 7 heteroatoms. The van der Waals surface area contributed by atoms with Gasteiger partial charge in [-0.3, -0.25) is 4.79 Å². The van der Waals surface area contributed by atoms with Gasteiger partial charge < -0.3 is 5.32 Å². The molecule has 3 nitrogen and oxygen atoms in total. The van der Waals surface area contributed by atoms with E-state index in [0.29, 0.717) is 5.69 Å². The van der Waals surface area contributed by atoms with Crippen LogP contribution in [0.5, 0.6) is 0 Å². The average Bonchev–Trinajstić information content (AvgIpc) is 2.30. The molecule has 0 radical (unpaired) electrons. The van der Waals surface area contributed by atoms with Gasteiger partial charge in [0.2, 0.25) is 5.91 Å². The molecule has 18 heavy (non-hydrogen) atoms. The van der Waals surface area contributed by atoms with Crippen molar-refractivity contribution >= 4 is 22.4 Å². The Labute approximate surface area is 106 Å². The van der Waals surface area contributed by atoms with Gasteiger partial charge >= 0.3 is 5.51 Å². The van der Waals surface area contributed by atoms with Crippen molar-refractivity contribution in [3.8, 4) is 0 Å². The van der Waals surface area contributed by atoms with Gasteiger partial charge in [-0.2, -0.15) is 13.2 Å². The van der Waals surface area contributed by atoms with Crippen LogP contribution >= 0.6 is 0 Å². The summed E-state index contributed by atoms with van der Waals surface area (Å²) in [5, 5.41) is 2.39. The third kappa shape index (κ3) is 5.31. The highest BCUT2D eigenvalue weighted by atomic mass is 32.2. The van der Waals surface area contributed by atoms with Crippen molar-refractivity contribution in [2.24, 2.45) is 0 Å². The lowest BCUT2D eigenvalue weighted by atomic mass is 10.3. The first-order chi connectivity index (χ1) is 8.30. The third-order valence-electron chi connectivity index (χ3n) is 1.60. The Morgan fingerprint density at radius 3 is 1.94 bits per heavy atom. The molecule has 0 saturated heterocycles. The Kier molecular flexibility index (Phi) is 6.61. The Bertz CT molecular complexity index is 415. The van der Waals surface area contributed by atoms with Crippen LogP contribution in [0.15, 0.2) is 29.2 Å². The number of benzene rings is 1. The van der Waals surface area contributed by atoms with Gasteiger partial charge in [0.15, 0.2) is 10.8 Å². The summed E-state index contributed by atoms with van der Waals surface area (Å²) in [5.41, 5.74) is -4.41. The number of halogens is 3. The van der Waals surface area contributed by atoms with Crippen LogP contribution in [-0.2, 0) is 15.6 Å². The van der Waals surface area contributed by atoms with Crippen molar-refractivity contribution in [3.05, 3.63) is 24.3 Å². The van der Waals surface area contributed by atoms with Crippen molar-refractivity contribution in [1.82, 2.24) is 0 Å². The van der Waals surface area contributed by atoms with Crippen molar-refractivity contribution in [2.75, 3.05) is 5.32 Å². The molecule has 1 amide bonds. The molecule has 1 N–H and O–H groups in total. The zero-order valence-corrected chi connectivity index (χ0v) is 11.0. The summed E-state index contributed by atoms with van der Waals surface area (Å²) in [6, 6.07) is 4.66. The van der Waals surface area contributed by atoms with Crippen molar-refractivity contribution < 1.29 is 22.2 Å². The van der Waals surface area contributed by atoms with Gasteiger partial charge in [-0.25, -0.2) is 4.21 Å². The number of nitrogens with one attached hydrogen (secondary N) is 1. The second-order valence-electron chi connectivity index (χ2n) is 2.92. The standard InChI is InChI=1S/C9H8F3NO2S.C2H6/c1-6(14)13-7-2-4-8(5-3-7)16(15)9(10,11)12;1-2/h2-5H,1H3,(H,13,14);1-2H3. The Hall–Kier alpha value is -1.37. The Morgan fingerprint density at radius 1 is 1.17 bits per heavy atom. The molecular weight excluding hydrogens is 267 g/mol. The number of rotatable bonds is 2. The quantitative estimate of drug-likeness (QED) is 0.904. The van der Waals surface area contributed by atoms with Crippen LogP contribution in [0, 0.1) is 0 Å². The molecule has 0 bridgehead atoms. The van der Waals surface area contributed by atoms with E-state index in [1.807, 2.05) is 13.8 Å². The first-order valence-electron chi connectivity index (χ1n) is 5.17. The number of amides is 1.